The Hall–Kier alpha value is -3.39. The van der Waals surface area contributed by atoms with Crippen LogP contribution in [0.15, 0.2) is 83.9 Å². The van der Waals surface area contributed by atoms with Gasteiger partial charge in [-0.15, -0.1) is 0 Å². The van der Waals surface area contributed by atoms with E-state index in [4.69, 9.17) is 16.4 Å². The molecular weight excluding hydrogens is 460 g/mol. The van der Waals surface area contributed by atoms with Crippen LogP contribution in [0, 0.1) is 5.82 Å². The average molecular weight is 477 g/mol. The van der Waals surface area contributed by atoms with Gasteiger partial charge in [-0.25, -0.2) is 9.18 Å². The first kappa shape index (κ1) is 22.8. The van der Waals surface area contributed by atoms with Gasteiger partial charge in [0.1, 0.15) is 23.7 Å². The predicted octanol–water partition coefficient (Wildman–Crippen LogP) is 6.24. The van der Waals surface area contributed by atoms with E-state index < -0.39 is 30.0 Å². The van der Waals surface area contributed by atoms with Crippen LogP contribution in [0.4, 0.5) is 17.6 Å². The summed E-state index contributed by atoms with van der Waals surface area (Å²) in [5.41, 5.74) is 1.29. The number of carbonyl (C=O) groups is 1. The fourth-order valence-corrected chi connectivity index (χ4v) is 3.92. The van der Waals surface area contributed by atoms with Crippen molar-refractivity contribution in [2.45, 2.75) is 24.7 Å². The smallest absolute Gasteiger partial charge is 0.330 e. The molecule has 0 N–H and O–H groups in total. The number of alkyl halides is 3. The molecule has 0 radical (unpaired) electrons. The van der Waals surface area contributed by atoms with Gasteiger partial charge in [0.25, 0.3) is 0 Å². The lowest BCUT2D eigenvalue weighted by atomic mass is 9.94. The number of halogens is 5. The van der Waals surface area contributed by atoms with E-state index in [1.165, 1.54) is 18.2 Å². The van der Waals surface area contributed by atoms with E-state index in [0.717, 1.165) is 5.06 Å². The summed E-state index contributed by atoms with van der Waals surface area (Å²) >= 11 is 6.14. The second-order valence-electron chi connectivity index (χ2n) is 7.34. The Morgan fingerprint density at radius 2 is 1.55 bits per heavy atom. The van der Waals surface area contributed by atoms with Crippen molar-refractivity contribution in [1.82, 2.24) is 5.06 Å². The number of rotatable bonds is 5. The van der Waals surface area contributed by atoms with Gasteiger partial charge in [0.2, 0.25) is 0 Å². The molecule has 0 aliphatic carbocycles. The molecular formula is C24H17ClF4N2O2. The molecule has 1 aliphatic rings. The minimum absolute atomic E-state index is 0.0338. The van der Waals surface area contributed by atoms with Gasteiger partial charge in [0, 0.05) is 17.0 Å². The Bertz CT molecular complexity index is 1150. The second kappa shape index (κ2) is 9.23. The number of benzene rings is 3. The molecule has 3 aromatic carbocycles. The molecule has 0 saturated carbocycles. The highest BCUT2D eigenvalue weighted by atomic mass is 35.5. The van der Waals surface area contributed by atoms with Crippen molar-refractivity contribution in [2.24, 2.45) is 4.99 Å². The van der Waals surface area contributed by atoms with Gasteiger partial charge in [-0.2, -0.15) is 18.2 Å². The number of aliphatic imine (C=N–C) groups is 1. The molecule has 1 heterocycles. The van der Waals surface area contributed by atoms with Gasteiger partial charge in [0.05, 0.1) is 0 Å². The molecule has 0 spiro atoms. The molecule has 9 heteroatoms. The van der Waals surface area contributed by atoms with Crippen molar-refractivity contribution in [3.05, 3.63) is 106 Å². The molecule has 0 bridgehead atoms. The minimum Gasteiger partial charge on any atom is -0.330 e. The molecule has 3 aromatic rings. The number of nitrogens with zero attached hydrogens (tertiary/aromatic N) is 2. The fourth-order valence-electron chi connectivity index (χ4n) is 3.69. The van der Waals surface area contributed by atoms with Crippen molar-refractivity contribution in [3.63, 3.8) is 0 Å². The summed E-state index contributed by atoms with van der Waals surface area (Å²) in [6, 6.07) is 19.9. The number of hydrogen-bond donors (Lipinski definition) is 0. The van der Waals surface area contributed by atoms with E-state index in [9.17, 15) is 22.4 Å². The van der Waals surface area contributed by atoms with E-state index in [1.54, 1.807) is 60.7 Å². The first-order valence-corrected chi connectivity index (χ1v) is 10.3. The summed E-state index contributed by atoms with van der Waals surface area (Å²) in [5.74, 6) is -3.10. The van der Waals surface area contributed by atoms with Crippen molar-refractivity contribution in [3.8, 4) is 0 Å². The number of hydrogen-bond acceptors (Lipinski definition) is 4. The molecule has 2 unspecified atom stereocenters. The minimum atomic E-state index is -5.23. The van der Waals surface area contributed by atoms with Crippen molar-refractivity contribution in [1.29, 1.82) is 0 Å². The number of hydroxylamine groups is 2. The number of amidine groups is 1. The highest BCUT2D eigenvalue weighted by molar-refractivity contribution is 6.31. The summed E-state index contributed by atoms with van der Waals surface area (Å²) in [4.78, 5) is 21.2. The Morgan fingerprint density at radius 3 is 2.12 bits per heavy atom. The third-order valence-corrected chi connectivity index (χ3v) is 5.54. The molecule has 0 fully saturated rings. The quantitative estimate of drug-likeness (QED) is 0.409. The normalized spacial score (nSPS) is 18.2. The lowest BCUT2D eigenvalue weighted by Gasteiger charge is -2.29. The van der Waals surface area contributed by atoms with Crippen LogP contribution < -0.4 is 0 Å². The molecule has 1 aliphatic heterocycles. The molecule has 0 aromatic heterocycles. The molecule has 170 valence electrons. The van der Waals surface area contributed by atoms with Gasteiger partial charge in [0.15, 0.2) is 0 Å². The van der Waals surface area contributed by atoms with Gasteiger partial charge in [-0.05, 0) is 23.3 Å². The topological polar surface area (TPSA) is 41.9 Å². The van der Waals surface area contributed by atoms with Crippen molar-refractivity contribution < 1.29 is 27.2 Å². The lowest BCUT2D eigenvalue weighted by Crippen LogP contribution is -2.39. The second-order valence-corrected chi connectivity index (χ2v) is 7.74. The van der Waals surface area contributed by atoms with E-state index in [-0.39, 0.29) is 22.8 Å². The van der Waals surface area contributed by atoms with Crippen LogP contribution in [-0.2, 0) is 16.1 Å². The number of carbonyl (C=O) groups excluding carboxylic acids is 1. The Morgan fingerprint density at radius 1 is 0.939 bits per heavy atom. The standard InChI is InChI=1S/C24H17ClF4N2O2/c25-18-12-7-13-19(26)17(18)14-20-30-21(15-8-3-1-4-9-15)22(16-10-5-2-6-11-16)31(20)33-23(32)24(27,28)29/h1-13,21-22H,14H2. The average Bonchev–Trinajstić information content (AvgIpc) is 3.15. The first-order chi connectivity index (χ1) is 15.8. The van der Waals surface area contributed by atoms with Gasteiger partial charge >= 0.3 is 12.1 Å². The maximum atomic E-state index is 14.5. The molecule has 2 atom stereocenters. The summed E-state index contributed by atoms with van der Waals surface area (Å²) in [5, 5.41) is 0.908. The lowest BCUT2D eigenvalue weighted by molar-refractivity contribution is -0.230. The van der Waals surface area contributed by atoms with Crippen LogP contribution in [-0.4, -0.2) is 23.0 Å². The first-order valence-electron chi connectivity index (χ1n) is 9.93. The zero-order valence-electron chi connectivity index (χ0n) is 17.0. The molecule has 0 saturated heterocycles. The van der Waals surface area contributed by atoms with Crippen LogP contribution in [0.1, 0.15) is 28.8 Å². The highest BCUT2D eigenvalue weighted by Crippen LogP contribution is 2.43. The fraction of sp³-hybridized carbons (Fsp3) is 0.167. The summed E-state index contributed by atoms with van der Waals surface area (Å²) in [6.45, 7) is 0. The SMILES string of the molecule is O=C(ON1C(Cc2c(F)cccc2Cl)=NC(c2ccccc2)C1c1ccccc1)C(F)(F)F. The maximum Gasteiger partial charge on any atom is 0.493 e. The monoisotopic (exact) mass is 476 g/mol. The van der Waals surface area contributed by atoms with Gasteiger partial charge in [-0.3, -0.25) is 4.99 Å². The summed E-state index contributed by atoms with van der Waals surface area (Å²) < 4.78 is 53.8. The molecule has 4 rings (SSSR count). The van der Waals surface area contributed by atoms with Crippen LogP contribution >= 0.6 is 11.6 Å². The van der Waals surface area contributed by atoms with Gasteiger partial charge in [-0.1, -0.05) is 78.3 Å². The van der Waals surface area contributed by atoms with E-state index in [1.807, 2.05) is 0 Å². The van der Waals surface area contributed by atoms with Crippen LogP contribution in [0.5, 0.6) is 0 Å². The Balaban J connectivity index is 1.82. The predicted molar refractivity (Wildman–Crippen MR) is 115 cm³/mol. The third kappa shape index (κ3) is 4.85. The largest absolute Gasteiger partial charge is 0.493 e. The van der Waals surface area contributed by atoms with Crippen LogP contribution in [0.2, 0.25) is 5.02 Å². The third-order valence-electron chi connectivity index (χ3n) is 5.19. The summed E-state index contributed by atoms with van der Waals surface area (Å²) in [6.07, 6.45) is -5.50. The summed E-state index contributed by atoms with van der Waals surface area (Å²) in [7, 11) is 0. The van der Waals surface area contributed by atoms with Crippen LogP contribution in [0.25, 0.3) is 0 Å². The van der Waals surface area contributed by atoms with Crippen LogP contribution in [0.3, 0.4) is 0 Å². The van der Waals surface area contributed by atoms with E-state index in [0.29, 0.717) is 11.1 Å². The molecule has 4 nitrogen and oxygen atoms in total. The van der Waals surface area contributed by atoms with E-state index in [2.05, 4.69) is 4.99 Å². The molecule has 33 heavy (non-hydrogen) atoms. The van der Waals surface area contributed by atoms with Crippen molar-refractivity contribution in [2.75, 3.05) is 0 Å². The Labute approximate surface area is 192 Å². The van der Waals surface area contributed by atoms with Crippen molar-refractivity contribution >= 4 is 23.4 Å². The maximum absolute atomic E-state index is 14.5. The Kier molecular flexibility index (Phi) is 6.37. The zero-order chi connectivity index (χ0) is 23.6. The molecule has 0 amide bonds. The van der Waals surface area contributed by atoms with E-state index >= 15 is 0 Å². The van der Waals surface area contributed by atoms with Gasteiger partial charge < -0.3 is 4.84 Å². The zero-order valence-corrected chi connectivity index (χ0v) is 17.7. The highest BCUT2D eigenvalue weighted by Gasteiger charge is 2.47.